The minimum atomic E-state index is 0.253. The minimum Gasteiger partial charge on any atom is -0.491 e. The Morgan fingerprint density at radius 1 is 1.47 bits per heavy atom. The summed E-state index contributed by atoms with van der Waals surface area (Å²) >= 11 is 3.60. The first-order chi connectivity index (χ1) is 9.20. The Kier molecular flexibility index (Phi) is 5.67. The number of benzene rings is 1. The van der Waals surface area contributed by atoms with Gasteiger partial charge in [0.15, 0.2) is 0 Å². The van der Waals surface area contributed by atoms with E-state index in [1.54, 1.807) is 0 Å². The molecule has 1 N–H and O–H groups in total. The molecule has 1 heterocycles. The van der Waals surface area contributed by atoms with E-state index in [1.807, 2.05) is 19.2 Å². The van der Waals surface area contributed by atoms with Crippen LogP contribution in [-0.2, 0) is 4.74 Å². The molecule has 0 spiro atoms. The second-order valence-corrected chi connectivity index (χ2v) is 5.85. The zero-order valence-corrected chi connectivity index (χ0v) is 13.2. The third-order valence-electron chi connectivity index (χ3n) is 3.58. The number of hydrogen-bond donors (Lipinski definition) is 1. The van der Waals surface area contributed by atoms with Crippen LogP contribution in [0.25, 0.3) is 0 Å². The van der Waals surface area contributed by atoms with Crippen molar-refractivity contribution < 1.29 is 9.47 Å². The van der Waals surface area contributed by atoms with Crippen molar-refractivity contribution >= 4 is 15.9 Å². The Labute approximate surface area is 123 Å². The summed E-state index contributed by atoms with van der Waals surface area (Å²) in [5, 5.41) is 3.23. The van der Waals surface area contributed by atoms with Crippen LogP contribution in [0.2, 0.25) is 0 Å². The van der Waals surface area contributed by atoms with Crippen LogP contribution in [0, 0.1) is 0 Å². The highest BCUT2D eigenvalue weighted by Gasteiger charge is 2.15. The first kappa shape index (κ1) is 14.8. The highest BCUT2D eigenvalue weighted by atomic mass is 79.9. The Morgan fingerprint density at radius 3 is 2.95 bits per heavy atom. The van der Waals surface area contributed by atoms with Crippen LogP contribution in [0.3, 0.4) is 0 Å². The topological polar surface area (TPSA) is 30.5 Å². The van der Waals surface area contributed by atoms with Gasteiger partial charge in [-0.3, -0.25) is 0 Å². The zero-order chi connectivity index (χ0) is 13.7. The zero-order valence-electron chi connectivity index (χ0n) is 11.6. The molecule has 0 radical (unpaired) electrons. The second-order valence-electron chi connectivity index (χ2n) is 4.99. The molecule has 106 valence electrons. The lowest BCUT2D eigenvalue weighted by molar-refractivity contribution is -0.0110. The van der Waals surface area contributed by atoms with E-state index in [2.05, 4.69) is 34.2 Å². The van der Waals surface area contributed by atoms with Crippen LogP contribution in [0.1, 0.15) is 37.8 Å². The van der Waals surface area contributed by atoms with Gasteiger partial charge in [-0.25, -0.2) is 0 Å². The summed E-state index contributed by atoms with van der Waals surface area (Å²) in [6.07, 6.45) is 3.79. The number of ether oxygens (including phenoxy) is 2. The number of hydrogen-bond acceptors (Lipinski definition) is 3. The molecule has 0 bridgehead atoms. The Balaban J connectivity index is 1.92. The average Bonchev–Trinajstić information content (AvgIpc) is 2.45. The highest BCUT2D eigenvalue weighted by molar-refractivity contribution is 9.10. The lowest BCUT2D eigenvalue weighted by atomic mass is 10.1. The number of halogens is 1. The molecule has 0 aliphatic carbocycles. The fraction of sp³-hybridized carbons (Fsp3) is 0.600. The fourth-order valence-corrected chi connectivity index (χ4v) is 2.93. The van der Waals surface area contributed by atoms with E-state index < -0.39 is 0 Å². The lowest BCUT2D eigenvalue weighted by Crippen LogP contribution is -2.25. The third kappa shape index (κ3) is 4.20. The van der Waals surface area contributed by atoms with Gasteiger partial charge in [0.25, 0.3) is 0 Å². The molecule has 1 saturated heterocycles. The molecule has 2 rings (SSSR count). The van der Waals surface area contributed by atoms with Gasteiger partial charge in [-0.05, 0) is 50.9 Å². The Morgan fingerprint density at radius 2 is 2.32 bits per heavy atom. The molecule has 2 unspecified atom stereocenters. The predicted octanol–water partition coefficient (Wildman–Crippen LogP) is 3.68. The van der Waals surface area contributed by atoms with E-state index in [9.17, 15) is 0 Å². The standard InChI is InChI=1S/C15H22BrNO2/c1-11(17-2)14-7-6-12(9-15(14)16)19-10-13-5-3-4-8-18-13/h6-7,9,11,13,17H,3-5,8,10H2,1-2H3. The van der Waals surface area contributed by atoms with Crippen molar-refractivity contribution in [2.24, 2.45) is 0 Å². The van der Waals surface area contributed by atoms with Crippen LogP contribution in [0.15, 0.2) is 22.7 Å². The van der Waals surface area contributed by atoms with Gasteiger partial charge in [-0.15, -0.1) is 0 Å². The van der Waals surface area contributed by atoms with Gasteiger partial charge in [-0.1, -0.05) is 22.0 Å². The molecule has 1 aromatic carbocycles. The van der Waals surface area contributed by atoms with Crippen molar-refractivity contribution in [3.63, 3.8) is 0 Å². The van der Waals surface area contributed by atoms with Crippen molar-refractivity contribution in [3.8, 4) is 5.75 Å². The summed E-state index contributed by atoms with van der Waals surface area (Å²) in [7, 11) is 1.96. The van der Waals surface area contributed by atoms with Gasteiger partial charge < -0.3 is 14.8 Å². The van der Waals surface area contributed by atoms with Gasteiger partial charge in [0.1, 0.15) is 12.4 Å². The lowest BCUT2D eigenvalue weighted by Gasteiger charge is -2.23. The quantitative estimate of drug-likeness (QED) is 0.894. The molecule has 0 aromatic heterocycles. The van der Waals surface area contributed by atoms with Crippen LogP contribution in [0.4, 0.5) is 0 Å². The molecule has 3 nitrogen and oxygen atoms in total. The first-order valence-corrected chi connectivity index (χ1v) is 7.71. The highest BCUT2D eigenvalue weighted by Crippen LogP contribution is 2.28. The predicted molar refractivity (Wildman–Crippen MR) is 80.7 cm³/mol. The maximum Gasteiger partial charge on any atom is 0.120 e. The Bertz CT molecular complexity index is 405. The van der Waals surface area contributed by atoms with Crippen LogP contribution in [-0.4, -0.2) is 26.4 Å². The third-order valence-corrected chi connectivity index (χ3v) is 4.27. The molecule has 0 saturated carbocycles. The van der Waals surface area contributed by atoms with Gasteiger partial charge in [-0.2, -0.15) is 0 Å². The monoisotopic (exact) mass is 327 g/mol. The van der Waals surface area contributed by atoms with Crippen molar-refractivity contribution in [1.82, 2.24) is 5.32 Å². The maximum absolute atomic E-state index is 5.82. The van der Waals surface area contributed by atoms with Gasteiger partial charge >= 0.3 is 0 Å². The summed E-state index contributed by atoms with van der Waals surface area (Å²) in [5.41, 5.74) is 1.24. The molecular formula is C15H22BrNO2. The van der Waals surface area contributed by atoms with E-state index in [1.165, 1.54) is 18.4 Å². The SMILES string of the molecule is CNC(C)c1ccc(OCC2CCCCO2)cc1Br. The van der Waals surface area contributed by atoms with Gasteiger partial charge in [0.05, 0.1) is 6.10 Å². The average molecular weight is 328 g/mol. The molecular weight excluding hydrogens is 306 g/mol. The van der Waals surface area contributed by atoms with E-state index in [0.29, 0.717) is 12.6 Å². The number of rotatable bonds is 5. The van der Waals surface area contributed by atoms with E-state index in [-0.39, 0.29) is 6.10 Å². The summed E-state index contributed by atoms with van der Waals surface area (Å²) in [5.74, 6) is 0.896. The summed E-state index contributed by atoms with van der Waals surface area (Å²) in [6, 6.07) is 6.48. The molecule has 2 atom stereocenters. The summed E-state index contributed by atoms with van der Waals surface area (Å²) in [6.45, 7) is 3.65. The number of nitrogens with one attached hydrogen (secondary N) is 1. The van der Waals surface area contributed by atoms with Crippen LogP contribution < -0.4 is 10.1 Å². The smallest absolute Gasteiger partial charge is 0.120 e. The fourth-order valence-electron chi connectivity index (χ4n) is 2.23. The van der Waals surface area contributed by atoms with Gasteiger partial charge in [0, 0.05) is 17.1 Å². The van der Waals surface area contributed by atoms with Crippen LogP contribution in [0.5, 0.6) is 5.75 Å². The van der Waals surface area contributed by atoms with E-state index >= 15 is 0 Å². The molecule has 0 amide bonds. The molecule has 4 heteroatoms. The van der Waals surface area contributed by atoms with Crippen LogP contribution >= 0.6 is 15.9 Å². The van der Waals surface area contributed by atoms with Crippen molar-refractivity contribution in [2.75, 3.05) is 20.3 Å². The largest absolute Gasteiger partial charge is 0.491 e. The summed E-state index contributed by atoms with van der Waals surface area (Å²) in [4.78, 5) is 0. The second kappa shape index (κ2) is 7.27. The van der Waals surface area contributed by atoms with E-state index in [4.69, 9.17) is 9.47 Å². The molecule has 1 aliphatic rings. The molecule has 1 fully saturated rings. The van der Waals surface area contributed by atoms with Crippen molar-refractivity contribution in [2.45, 2.75) is 38.3 Å². The van der Waals surface area contributed by atoms with Crippen molar-refractivity contribution in [1.29, 1.82) is 0 Å². The molecule has 1 aromatic rings. The molecule has 19 heavy (non-hydrogen) atoms. The maximum atomic E-state index is 5.82. The molecule has 1 aliphatic heterocycles. The first-order valence-electron chi connectivity index (χ1n) is 6.92. The Hall–Kier alpha value is -0.580. The van der Waals surface area contributed by atoms with Gasteiger partial charge in [0.2, 0.25) is 0 Å². The van der Waals surface area contributed by atoms with E-state index in [0.717, 1.165) is 23.2 Å². The summed E-state index contributed by atoms with van der Waals surface area (Å²) < 4.78 is 12.6. The normalized spacial score (nSPS) is 21.1. The minimum absolute atomic E-state index is 0.253. The van der Waals surface area contributed by atoms with Crippen molar-refractivity contribution in [3.05, 3.63) is 28.2 Å².